The molecule has 1 heterocycles. The quantitative estimate of drug-likeness (QED) is 0.636. The Hall–Kier alpha value is -2.74. The largest absolute Gasteiger partial charge is 0.494 e. The first-order valence-electron chi connectivity index (χ1n) is 9.82. The Kier molecular flexibility index (Phi) is 6.64. The Balaban J connectivity index is 1.53. The van der Waals surface area contributed by atoms with Crippen LogP contribution in [0.5, 0.6) is 5.75 Å². The second kappa shape index (κ2) is 9.17. The molecule has 1 aliphatic rings. The van der Waals surface area contributed by atoms with Gasteiger partial charge in [0.2, 0.25) is 0 Å². The maximum atomic E-state index is 12.6. The molecule has 156 valence electrons. The van der Waals surface area contributed by atoms with E-state index in [1.165, 1.54) is 15.7 Å². The number of unbranched alkanes of at least 4 members (excludes halogenated alkanes) is 2. The summed E-state index contributed by atoms with van der Waals surface area (Å²) in [6.07, 6.45) is 3.28. The van der Waals surface area contributed by atoms with Crippen LogP contribution in [-0.2, 0) is 10.2 Å². The average molecular weight is 418 g/mol. The fraction of sp³-hybridized carbons (Fsp3) is 0.381. The van der Waals surface area contributed by atoms with Gasteiger partial charge in [0.1, 0.15) is 5.75 Å². The van der Waals surface area contributed by atoms with Crippen molar-refractivity contribution in [3.8, 4) is 5.75 Å². The third-order valence-corrected chi connectivity index (χ3v) is 6.67. The first-order valence-corrected chi connectivity index (χ1v) is 11.2. The zero-order valence-corrected chi connectivity index (χ0v) is 17.6. The predicted molar refractivity (Wildman–Crippen MR) is 115 cm³/mol. The lowest BCUT2D eigenvalue weighted by molar-refractivity contribution is 0.0955. The number of ether oxygens (including phenoxy) is 1. The number of nitrogens with one attached hydrogen (secondary N) is 1. The third-order valence-electron chi connectivity index (χ3n) is 4.85. The minimum Gasteiger partial charge on any atom is -0.494 e. The second-order valence-electron chi connectivity index (χ2n) is 6.87. The van der Waals surface area contributed by atoms with Gasteiger partial charge < -0.3 is 10.1 Å². The molecule has 2 aromatic carbocycles. The Morgan fingerprint density at radius 3 is 2.41 bits per heavy atom. The van der Waals surface area contributed by atoms with Crippen LogP contribution in [-0.4, -0.2) is 41.1 Å². The van der Waals surface area contributed by atoms with Crippen molar-refractivity contribution in [2.24, 2.45) is 0 Å². The maximum absolute atomic E-state index is 12.6. The summed E-state index contributed by atoms with van der Waals surface area (Å²) in [4.78, 5) is 12.4. The van der Waals surface area contributed by atoms with Crippen molar-refractivity contribution in [2.45, 2.75) is 26.2 Å². The van der Waals surface area contributed by atoms with Crippen molar-refractivity contribution in [2.75, 3.05) is 35.4 Å². The normalized spacial score (nSPS) is 14.6. The zero-order valence-electron chi connectivity index (χ0n) is 16.8. The summed E-state index contributed by atoms with van der Waals surface area (Å²) in [7, 11) is -2.08. The number of nitrogens with zero attached hydrogens (tertiary/aromatic N) is 2. The number of rotatable bonds is 9. The smallest absolute Gasteiger partial charge is 0.326 e. The molecule has 7 nitrogen and oxygen atoms in total. The highest BCUT2D eigenvalue weighted by Crippen LogP contribution is 2.38. The van der Waals surface area contributed by atoms with Gasteiger partial charge in [-0.3, -0.25) is 9.10 Å². The van der Waals surface area contributed by atoms with Crippen LogP contribution in [0, 0.1) is 0 Å². The van der Waals surface area contributed by atoms with Crippen molar-refractivity contribution in [1.29, 1.82) is 0 Å². The van der Waals surface area contributed by atoms with Crippen LogP contribution in [0.2, 0.25) is 0 Å². The number of amides is 1. The van der Waals surface area contributed by atoms with E-state index in [1.807, 2.05) is 0 Å². The van der Waals surface area contributed by atoms with Crippen molar-refractivity contribution in [3.05, 3.63) is 54.1 Å². The van der Waals surface area contributed by atoms with Gasteiger partial charge in [0.25, 0.3) is 5.91 Å². The summed E-state index contributed by atoms with van der Waals surface area (Å²) >= 11 is 0. The van der Waals surface area contributed by atoms with E-state index in [0.717, 1.165) is 25.0 Å². The average Bonchev–Trinajstić information content (AvgIpc) is 2.92. The summed E-state index contributed by atoms with van der Waals surface area (Å²) in [5.41, 5.74) is 1.76. The van der Waals surface area contributed by atoms with E-state index >= 15 is 0 Å². The Bertz CT molecular complexity index is 945. The summed E-state index contributed by atoms with van der Waals surface area (Å²) in [5.74, 6) is 0.487. The lowest BCUT2D eigenvalue weighted by Crippen LogP contribution is -2.40. The van der Waals surface area contributed by atoms with Crippen LogP contribution in [0.15, 0.2) is 48.5 Å². The second-order valence-corrected chi connectivity index (χ2v) is 8.76. The zero-order chi connectivity index (χ0) is 20.9. The summed E-state index contributed by atoms with van der Waals surface area (Å²) in [6.45, 7) is 3.17. The van der Waals surface area contributed by atoms with Crippen molar-refractivity contribution < 1.29 is 17.9 Å². The van der Waals surface area contributed by atoms with Crippen LogP contribution in [0.3, 0.4) is 0 Å². The maximum Gasteiger partial charge on any atom is 0.326 e. The minimum atomic E-state index is -3.61. The predicted octanol–water partition coefficient (Wildman–Crippen LogP) is 3.19. The molecule has 0 saturated heterocycles. The number of benzene rings is 2. The van der Waals surface area contributed by atoms with Gasteiger partial charge in [-0.05, 0) is 42.8 Å². The van der Waals surface area contributed by atoms with E-state index in [2.05, 4.69) is 12.2 Å². The first-order chi connectivity index (χ1) is 13.9. The van der Waals surface area contributed by atoms with E-state index in [4.69, 9.17) is 4.74 Å². The van der Waals surface area contributed by atoms with Crippen LogP contribution < -0.4 is 18.7 Å². The molecule has 29 heavy (non-hydrogen) atoms. The van der Waals surface area contributed by atoms with Crippen LogP contribution in [0.4, 0.5) is 11.4 Å². The molecule has 0 radical (unpaired) electrons. The van der Waals surface area contributed by atoms with Gasteiger partial charge in [-0.25, -0.2) is 4.31 Å². The van der Waals surface area contributed by atoms with Crippen LogP contribution >= 0.6 is 0 Å². The highest BCUT2D eigenvalue weighted by Gasteiger charge is 2.37. The standard InChI is InChI=1S/C21H27N3O4S/c1-3-4-7-16-28-18-12-10-17(11-13-18)21(25)22-14-15-24-20-9-6-5-8-19(20)23(2)29(24,26)27/h5-6,8-13H,3-4,7,14-16H2,1-2H3,(H,22,25). The molecule has 1 aliphatic heterocycles. The fourth-order valence-electron chi connectivity index (χ4n) is 3.19. The van der Waals surface area contributed by atoms with Gasteiger partial charge >= 0.3 is 10.2 Å². The van der Waals surface area contributed by atoms with E-state index in [-0.39, 0.29) is 19.0 Å². The molecular weight excluding hydrogens is 390 g/mol. The minimum absolute atomic E-state index is 0.161. The molecule has 1 N–H and O–H groups in total. The van der Waals surface area contributed by atoms with Crippen LogP contribution in [0.25, 0.3) is 0 Å². The molecular formula is C21H27N3O4S. The molecule has 0 fully saturated rings. The highest BCUT2D eigenvalue weighted by molar-refractivity contribution is 7.94. The molecule has 0 unspecified atom stereocenters. The molecule has 0 bridgehead atoms. The highest BCUT2D eigenvalue weighted by atomic mass is 32.2. The van der Waals surface area contributed by atoms with Gasteiger partial charge in [-0.1, -0.05) is 31.9 Å². The Morgan fingerprint density at radius 1 is 1.03 bits per heavy atom. The van der Waals surface area contributed by atoms with Gasteiger partial charge in [0.05, 0.1) is 24.5 Å². The summed E-state index contributed by atoms with van der Waals surface area (Å²) < 4.78 is 33.4. The fourth-order valence-corrected chi connectivity index (χ4v) is 4.61. The van der Waals surface area contributed by atoms with Gasteiger partial charge in [0, 0.05) is 19.2 Å². The van der Waals surface area contributed by atoms with Crippen molar-refractivity contribution in [1.82, 2.24) is 5.32 Å². The number of carbonyl (C=O) groups excluding carboxylic acids is 1. The van der Waals surface area contributed by atoms with Crippen LogP contribution in [0.1, 0.15) is 36.5 Å². The Labute approximate surface area is 172 Å². The molecule has 0 spiro atoms. The number of carbonyl (C=O) groups is 1. The molecule has 0 aromatic heterocycles. The van der Waals surface area contributed by atoms with Crippen molar-refractivity contribution in [3.63, 3.8) is 0 Å². The third kappa shape index (κ3) is 4.64. The lowest BCUT2D eigenvalue weighted by atomic mass is 10.2. The van der Waals surface area contributed by atoms with E-state index in [0.29, 0.717) is 23.5 Å². The topological polar surface area (TPSA) is 79.0 Å². The SMILES string of the molecule is CCCCCOc1ccc(C(=O)NCCN2c3ccccc3N(C)S2(=O)=O)cc1. The number of para-hydroxylation sites is 2. The molecule has 0 aliphatic carbocycles. The molecule has 0 saturated carbocycles. The monoisotopic (exact) mass is 417 g/mol. The number of hydrogen-bond acceptors (Lipinski definition) is 4. The number of fused-ring (bicyclic) bond motifs is 1. The van der Waals surface area contributed by atoms with E-state index in [9.17, 15) is 13.2 Å². The number of hydrogen-bond donors (Lipinski definition) is 1. The molecule has 1 amide bonds. The van der Waals surface area contributed by atoms with Gasteiger partial charge in [-0.2, -0.15) is 8.42 Å². The van der Waals surface area contributed by atoms with Gasteiger partial charge in [0.15, 0.2) is 0 Å². The Morgan fingerprint density at radius 2 is 1.72 bits per heavy atom. The van der Waals surface area contributed by atoms with Crippen molar-refractivity contribution >= 4 is 27.5 Å². The summed E-state index contributed by atoms with van der Waals surface area (Å²) in [6, 6.07) is 14.1. The lowest BCUT2D eigenvalue weighted by Gasteiger charge is -2.19. The molecule has 2 aromatic rings. The first kappa shape index (κ1) is 21.0. The van der Waals surface area contributed by atoms with E-state index in [1.54, 1.807) is 48.5 Å². The van der Waals surface area contributed by atoms with E-state index < -0.39 is 10.2 Å². The summed E-state index contributed by atoms with van der Waals surface area (Å²) in [5, 5.41) is 2.78. The van der Waals surface area contributed by atoms with Gasteiger partial charge in [-0.15, -0.1) is 0 Å². The molecule has 3 rings (SSSR count). The number of anilines is 2. The molecule has 0 atom stereocenters. The molecule has 8 heteroatoms.